The van der Waals surface area contributed by atoms with Crippen LogP contribution < -0.4 is 5.73 Å². The van der Waals surface area contributed by atoms with Crippen molar-refractivity contribution in [2.24, 2.45) is 11.7 Å². The molecule has 4 nitrogen and oxygen atoms in total. The highest BCUT2D eigenvalue weighted by Crippen LogP contribution is 2.22. The van der Waals surface area contributed by atoms with Gasteiger partial charge in [-0.1, -0.05) is 0 Å². The number of hydrogen-bond donors (Lipinski definition) is 1. The first-order valence-corrected chi connectivity index (χ1v) is 6.97. The zero-order valence-corrected chi connectivity index (χ0v) is 11.7. The van der Waals surface area contributed by atoms with E-state index in [-0.39, 0.29) is 6.04 Å². The summed E-state index contributed by atoms with van der Waals surface area (Å²) in [6, 6.07) is 0.791. The van der Waals surface area contributed by atoms with Gasteiger partial charge in [-0.3, -0.25) is 0 Å². The summed E-state index contributed by atoms with van der Waals surface area (Å²) in [4.78, 5) is 7.04. The number of nitrogens with two attached hydrogens (primary N) is 1. The Morgan fingerprint density at radius 3 is 2.89 bits per heavy atom. The molecule has 2 unspecified atom stereocenters. The van der Waals surface area contributed by atoms with Gasteiger partial charge in [-0.05, 0) is 39.7 Å². The summed E-state index contributed by atoms with van der Waals surface area (Å²) in [6.07, 6.45) is 4.77. The van der Waals surface area contributed by atoms with Crippen LogP contribution in [0.5, 0.6) is 0 Å². The summed E-state index contributed by atoms with van der Waals surface area (Å²) in [5, 5.41) is 0. The van der Waals surface area contributed by atoms with E-state index >= 15 is 0 Å². The third kappa shape index (κ3) is 3.56. The molecule has 1 saturated heterocycles. The molecule has 1 fully saturated rings. The van der Waals surface area contributed by atoms with Crippen molar-refractivity contribution < 1.29 is 4.42 Å². The monoisotopic (exact) mass is 251 g/mol. The molecule has 0 saturated carbocycles. The van der Waals surface area contributed by atoms with Crippen LogP contribution in [0.4, 0.5) is 0 Å². The molecule has 2 atom stereocenters. The summed E-state index contributed by atoms with van der Waals surface area (Å²) in [7, 11) is 0. The van der Waals surface area contributed by atoms with Crippen LogP contribution in [0.15, 0.2) is 10.7 Å². The second-order valence-electron chi connectivity index (χ2n) is 5.86. The second-order valence-corrected chi connectivity index (χ2v) is 5.86. The van der Waals surface area contributed by atoms with Gasteiger partial charge < -0.3 is 15.1 Å². The molecule has 2 N–H and O–H groups in total. The van der Waals surface area contributed by atoms with Gasteiger partial charge in [0.1, 0.15) is 6.26 Å². The highest BCUT2D eigenvalue weighted by molar-refractivity contribution is 5.00. The number of hydrogen-bond acceptors (Lipinski definition) is 4. The van der Waals surface area contributed by atoms with Crippen molar-refractivity contribution in [3.05, 3.63) is 17.8 Å². The zero-order valence-electron chi connectivity index (χ0n) is 11.7. The largest absolute Gasteiger partial charge is 0.449 e. The van der Waals surface area contributed by atoms with E-state index in [1.807, 2.05) is 6.92 Å². The molecule has 0 aromatic carbocycles. The Balaban J connectivity index is 1.85. The summed E-state index contributed by atoms with van der Waals surface area (Å²) in [5.41, 5.74) is 6.75. The van der Waals surface area contributed by atoms with E-state index in [9.17, 15) is 0 Å². The van der Waals surface area contributed by atoms with Crippen molar-refractivity contribution in [2.75, 3.05) is 13.1 Å². The van der Waals surface area contributed by atoms with Crippen LogP contribution in [0.2, 0.25) is 0 Å². The Bertz CT molecular complexity index is 373. The maximum absolute atomic E-state index is 5.76. The van der Waals surface area contributed by atoms with Gasteiger partial charge in [0.05, 0.1) is 5.69 Å². The van der Waals surface area contributed by atoms with E-state index in [0.29, 0.717) is 12.0 Å². The van der Waals surface area contributed by atoms with E-state index in [1.165, 1.54) is 19.5 Å². The quantitative estimate of drug-likeness (QED) is 0.867. The van der Waals surface area contributed by atoms with Gasteiger partial charge in [0, 0.05) is 31.5 Å². The van der Waals surface area contributed by atoms with E-state index in [4.69, 9.17) is 10.2 Å². The summed E-state index contributed by atoms with van der Waals surface area (Å²) >= 11 is 0. The van der Waals surface area contributed by atoms with Crippen LogP contribution in [-0.4, -0.2) is 35.1 Å². The summed E-state index contributed by atoms with van der Waals surface area (Å²) in [6.45, 7) is 8.88. The molecule has 2 rings (SSSR count). The van der Waals surface area contributed by atoms with Gasteiger partial charge in [-0.25, -0.2) is 4.98 Å². The summed E-state index contributed by atoms with van der Waals surface area (Å²) in [5.74, 6) is 1.57. The fraction of sp³-hybridized carbons (Fsp3) is 0.786. The van der Waals surface area contributed by atoms with Gasteiger partial charge in [0.15, 0.2) is 5.89 Å². The Labute approximate surface area is 110 Å². The zero-order chi connectivity index (χ0) is 13.1. The second kappa shape index (κ2) is 5.85. The number of aromatic nitrogens is 1. The lowest BCUT2D eigenvalue weighted by atomic mass is 10.1. The van der Waals surface area contributed by atoms with E-state index in [0.717, 1.165) is 24.4 Å². The molecule has 1 aromatic heterocycles. The highest BCUT2D eigenvalue weighted by atomic mass is 16.3. The van der Waals surface area contributed by atoms with Gasteiger partial charge in [0.25, 0.3) is 0 Å². The van der Waals surface area contributed by atoms with E-state index in [1.54, 1.807) is 6.26 Å². The minimum absolute atomic E-state index is 0.144. The topological polar surface area (TPSA) is 55.3 Å². The van der Waals surface area contributed by atoms with Crippen molar-refractivity contribution in [1.29, 1.82) is 0 Å². The fourth-order valence-electron chi connectivity index (χ4n) is 2.61. The number of oxazole rings is 1. The third-order valence-electron chi connectivity index (χ3n) is 3.64. The Morgan fingerprint density at radius 2 is 2.28 bits per heavy atom. The van der Waals surface area contributed by atoms with E-state index < -0.39 is 0 Å². The molecule has 18 heavy (non-hydrogen) atoms. The Kier molecular flexibility index (Phi) is 4.40. The predicted molar refractivity (Wildman–Crippen MR) is 72.4 cm³/mol. The van der Waals surface area contributed by atoms with Crippen molar-refractivity contribution in [3.63, 3.8) is 0 Å². The average molecular weight is 251 g/mol. The van der Waals surface area contributed by atoms with Crippen LogP contribution in [0.1, 0.15) is 38.8 Å². The SMILES string of the molecule is CC(N)Cc1coc(CC2CCN(C(C)C)C2)n1. The lowest BCUT2D eigenvalue weighted by molar-refractivity contribution is 0.262. The average Bonchev–Trinajstić information content (AvgIpc) is 2.88. The van der Waals surface area contributed by atoms with Crippen LogP contribution in [0, 0.1) is 5.92 Å². The lowest BCUT2D eigenvalue weighted by Gasteiger charge is -2.19. The molecule has 0 spiro atoms. The molecule has 0 aliphatic carbocycles. The molecule has 102 valence electrons. The molecular formula is C14H25N3O. The van der Waals surface area contributed by atoms with Gasteiger partial charge >= 0.3 is 0 Å². The maximum Gasteiger partial charge on any atom is 0.194 e. The Hall–Kier alpha value is -0.870. The molecule has 0 bridgehead atoms. The van der Waals surface area contributed by atoms with Crippen LogP contribution >= 0.6 is 0 Å². The Morgan fingerprint density at radius 1 is 1.50 bits per heavy atom. The predicted octanol–water partition coefficient (Wildman–Crippen LogP) is 1.84. The number of rotatable bonds is 5. The molecule has 1 aliphatic heterocycles. The van der Waals surface area contributed by atoms with Crippen molar-refractivity contribution >= 4 is 0 Å². The van der Waals surface area contributed by atoms with E-state index in [2.05, 4.69) is 23.7 Å². The standard InChI is InChI=1S/C14H25N3O/c1-10(2)17-5-4-12(8-17)7-14-16-13(9-18-14)6-11(3)15/h9-12H,4-8,15H2,1-3H3. The molecule has 1 aliphatic rings. The van der Waals surface area contributed by atoms with Gasteiger partial charge in [0.2, 0.25) is 0 Å². The van der Waals surface area contributed by atoms with Crippen molar-refractivity contribution in [2.45, 2.75) is 52.1 Å². The summed E-state index contributed by atoms with van der Waals surface area (Å²) < 4.78 is 5.54. The molecular weight excluding hydrogens is 226 g/mol. The first-order valence-electron chi connectivity index (χ1n) is 6.97. The van der Waals surface area contributed by atoms with Crippen LogP contribution in [0.3, 0.4) is 0 Å². The highest BCUT2D eigenvalue weighted by Gasteiger charge is 2.25. The van der Waals surface area contributed by atoms with Gasteiger partial charge in [-0.15, -0.1) is 0 Å². The molecule has 0 radical (unpaired) electrons. The first kappa shape index (κ1) is 13.6. The number of likely N-dealkylation sites (tertiary alicyclic amines) is 1. The van der Waals surface area contributed by atoms with Crippen molar-refractivity contribution in [1.82, 2.24) is 9.88 Å². The third-order valence-corrected chi connectivity index (χ3v) is 3.64. The fourth-order valence-corrected chi connectivity index (χ4v) is 2.61. The normalized spacial score (nSPS) is 22.8. The number of nitrogens with zero attached hydrogens (tertiary/aromatic N) is 2. The minimum Gasteiger partial charge on any atom is -0.449 e. The molecule has 4 heteroatoms. The first-order chi connectivity index (χ1) is 8.54. The molecule has 1 aromatic rings. The van der Waals surface area contributed by atoms with Crippen LogP contribution in [-0.2, 0) is 12.8 Å². The molecule has 0 amide bonds. The minimum atomic E-state index is 0.144. The lowest BCUT2D eigenvalue weighted by Crippen LogP contribution is -2.28. The molecule has 2 heterocycles. The van der Waals surface area contributed by atoms with Gasteiger partial charge in [-0.2, -0.15) is 0 Å². The van der Waals surface area contributed by atoms with Crippen molar-refractivity contribution in [3.8, 4) is 0 Å². The maximum atomic E-state index is 5.76. The smallest absolute Gasteiger partial charge is 0.194 e. The van der Waals surface area contributed by atoms with Crippen LogP contribution in [0.25, 0.3) is 0 Å².